The number of carbonyl (C=O) groups is 1. The quantitative estimate of drug-likeness (QED) is 0.568. The van der Waals surface area contributed by atoms with Crippen molar-refractivity contribution in [2.75, 3.05) is 0 Å². The van der Waals surface area contributed by atoms with Crippen molar-refractivity contribution in [3.63, 3.8) is 0 Å². The zero-order valence-corrected chi connectivity index (χ0v) is 12.4. The fourth-order valence-electron chi connectivity index (χ4n) is 2.51. The van der Waals surface area contributed by atoms with Crippen molar-refractivity contribution in [1.82, 2.24) is 0 Å². The summed E-state index contributed by atoms with van der Waals surface area (Å²) in [5.41, 5.74) is 11.6. The number of nitrogens with zero attached hydrogens (tertiary/aromatic N) is 1. The van der Waals surface area contributed by atoms with E-state index >= 15 is 0 Å². The van der Waals surface area contributed by atoms with E-state index in [0.29, 0.717) is 16.5 Å². The Kier molecular flexibility index (Phi) is 3.99. The maximum Gasteiger partial charge on any atom is 0.296 e. The number of furan rings is 1. The fraction of sp³-hybridized carbons (Fsp3) is 0.0588. The number of nitrogens with two attached hydrogens (primary N) is 2. The molecule has 0 atom stereocenters. The number of hydrogen-bond acceptors (Lipinski definition) is 2. The molecule has 0 bridgehead atoms. The average Bonchev–Trinajstić information content (AvgIpc) is 2.94. The number of carbonyl (C=O) groups excluding carboxylic acids is 1. The summed E-state index contributed by atoms with van der Waals surface area (Å²) in [6.07, 6.45) is -2.79. The molecule has 122 valence electrons. The zero-order chi connectivity index (χ0) is 17.3. The highest BCUT2D eigenvalue weighted by molar-refractivity contribution is 6.03. The van der Waals surface area contributed by atoms with E-state index in [1.54, 1.807) is 36.4 Å². The second-order valence-electron chi connectivity index (χ2n) is 5.06. The number of halogens is 2. The van der Waals surface area contributed by atoms with E-state index in [1.165, 1.54) is 12.1 Å². The van der Waals surface area contributed by atoms with Gasteiger partial charge in [0.05, 0.1) is 0 Å². The molecule has 4 N–H and O–H groups in total. The highest BCUT2D eigenvalue weighted by atomic mass is 19.3. The molecule has 3 aromatic rings. The van der Waals surface area contributed by atoms with Crippen LogP contribution in [0.5, 0.6) is 0 Å². The van der Waals surface area contributed by atoms with Gasteiger partial charge in [0.2, 0.25) is 0 Å². The van der Waals surface area contributed by atoms with Crippen LogP contribution >= 0.6 is 0 Å². The SMILES string of the molecule is NC(N)=NC(=O)c1cccc(-c2c(C(F)F)oc3ccccc23)c1. The van der Waals surface area contributed by atoms with E-state index in [-0.39, 0.29) is 17.1 Å². The van der Waals surface area contributed by atoms with Crippen LogP contribution in [0.4, 0.5) is 8.78 Å². The number of rotatable bonds is 3. The molecule has 0 spiro atoms. The number of fused-ring (bicyclic) bond motifs is 1. The van der Waals surface area contributed by atoms with Gasteiger partial charge in [0.25, 0.3) is 12.3 Å². The van der Waals surface area contributed by atoms with Crippen LogP contribution in [0.15, 0.2) is 57.9 Å². The first-order valence-corrected chi connectivity index (χ1v) is 7.01. The number of amides is 1. The van der Waals surface area contributed by atoms with Crippen LogP contribution in [0.1, 0.15) is 22.5 Å². The van der Waals surface area contributed by atoms with E-state index in [2.05, 4.69) is 4.99 Å². The molecule has 0 unspecified atom stereocenters. The Morgan fingerprint density at radius 2 is 1.83 bits per heavy atom. The maximum atomic E-state index is 13.4. The third-order valence-corrected chi connectivity index (χ3v) is 3.45. The molecule has 1 aromatic heterocycles. The number of guanidine groups is 1. The van der Waals surface area contributed by atoms with Gasteiger partial charge in [-0.15, -0.1) is 0 Å². The van der Waals surface area contributed by atoms with Gasteiger partial charge in [-0.05, 0) is 23.8 Å². The Bertz CT molecular complexity index is 944. The lowest BCUT2D eigenvalue weighted by Gasteiger charge is -2.05. The Morgan fingerprint density at radius 3 is 2.54 bits per heavy atom. The van der Waals surface area contributed by atoms with Crippen LogP contribution in [0.2, 0.25) is 0 Å². The van der Waals surface area contributed by atoms with Crippen molar-refractivity contribution in [1.29, 1.82) is 0 Å². The minimum atomic E-state index is -2.79. The average molecular weight is 329 g/mol. The van der Waals surface area contributed by atoms with Gasteiger partial charge in [-0.1, -0.05) is 30.3 Å². The second kappa shape index (κ2) is 6.11. The third kappa shape index (κ3) is 2.83. The van der Waals surface area contributed by atoms with Crippen LogP contribution in [-0.2, 0) is 0 Å². The lowest BCUT2D eigenvalue weighted by molar-refractivity contribution is 0.100. The Hall–Kier alpha value is -3.22. The number of alkyl halides is 2. The summed E-state index contributed by atoms with van der Waals surface area (Å²) in [7, 11) is 0. The number of benzene rings is 2. The number of hydrogen-bond donors (Lipinski definition) is 2. The van der Waals surface area contributed by atoms with Gasteiger partial charge in [-0.2, -0.15) is 4.99 Å². The van der Waals surface area contributed by atoms with Gasteiger partial charge in [0.1, 0.15) is 5.58 Å². The zero-order valence-electron chi connectivity index (χ0n) is 12.4. The first kappa shape index (κ1) is 15.7. The summed E-state index contributed by atoms with van der Waals surface area (Å²) < 4.78 is 32.0. The van der Waals surface area contributed by atoms with Gasteiger partial charge >= 0.3 is 0 Å². The van der Waals surface area contributed by atoms with Crippen molar-refractivity contribution in [3.8, 4) is 11.1 Å². The van der Waals surface area contributed by atoms with Crippen LogP contribution in [-0.4, -0.2) is 11.9 Å². The van der Waals surface area contributed by atoms with Crippen molar-refractivity contribution in [2.24, 2.45) is 16.5 Å². The standard InChI is InChI=1S/C17H13F2N3O2/c18-15(19)14-13(11-6-1-2-7-12(11)24-14)9-4-3-5-10(8-9)16(23)22-17(20)21/h1-8,15H,(H4,20,21,22,23). The lowest BCUT2D eigenvalue weighted by Crippen LogP contribution is -2.24. The summed E-state index contributed by atoms with van der Waals surface area (Å²) in [6.45, 7) is 0. The van der Waals surface area contributed by atoms with Crippen molar-refractivity contribution < 1.29 is 18.0 Å². The predicted octanol–water partition coefficient (Wildman–Crippen LogP) is 3.45. The summed E-state index contributed by atoms with van der Waals surface area (Å²) in [4.78, 5) is 15.4. The van der Waals surface area contributed by atoms with E-state index in [9.17, 15) is 13.6 Å². The normalized spacial score (nSPS) is 11.0. The van der Waals surface area contributed by atoms with Crippen molar-refractivity contribution >= 4 is 22.8 Å². The summed E-state index contributed by atoms with van der Waals surface area (Å²) >= 11 is 0. The Labute approximate surface area is 135 Å². The molecule has 0 radical (unpaired) electrons. The Balaban J connectivity index is 2.19. The van der Waals surface area contributed by atoms with Crippen molar-refractivity contribution in [2.45, 2.75) is 6.43 Å². The minimum Gasteiger partial charge on any atom is -0.454 e. The molecule has 1 amide bonds. The van der Waals surface area contributed by atoms with Gasteiger partial charge in [-0.3, -0.25) is 4.79 Å². The largest absolute Gasteiger partial charge is 0.454 e. The molecule has 0 fully saturated rings. The van der Waals surface area contributed by atoms with Gasteiger partial charge in [-0.25, -0.2) is 8.78 Å². The van der Waals surface area contributed by atoms with Gasteiger partial charge in [0, 0.05) is 16.5 Å². The summed E-state index contributed by atoms with van der Waals surface area (Å²) in [6, 6.07) is 12.9. The molecule has 24 heavy (non-hydrogen) atoms. The highest BCUT2D eigenvalue weighted by Crippen LogP contribution is 2.39. The smallest absolute Gasteiger partial charge is 0.296 e. The van der Waals surface area contributed by atoms with E-state index in [4.69, 9.17) is 15.9 Å². The van der Waals surface area contributed by atoms with E-state index in [1.807, 2.05) is 0 Å². The second-order valence-corrected chi connectivity index (χ2v) is 5.06. The minimum absolute atomic E-state index is 0.186. The van der Waals surface area contributed by atoms with Crippen LogP contribution in [0, 0.1) is 0 Å². The molecular weight excluding hydrogens is 316 g/mol. The van der Waals surface area contributed by atoms with Crippen molar-refractivity contribution in [3.05, 3.63) is 59.9 Å². The molecule has 0 aliphatic heterocycles. The molecule has 1 heterocycles. The fourth-order valence-corrected chi connectivity index (χ4v) is 2.51. The number of aliphatic imine (C=N–C) groups is 1. The summed E-state index contributed by atoms with van der Waals surface area (Å²) in [5.74, 6) is -1.46. The molecule has 7 heteroatoms. The van der Waals surface area contributed by atoms with Crippen LogP contribution in [0.3, 0.4) is 0 Å². The summed E-state index contributed by atoms with van der Waals surface area (Å²) in [5, 5.41) is 0.541. The topological polar surface area (TPSA) is 94.6 Å². The van der Waals surface area contributed by atoms with Crippen LogP contribution in [0.25, 0.3) is 22.1 Å². The van der Waals surface area contributed by atoms with Gasteiger partial charge < -0.3 is 15.9 Å². The monoisotopic (exact) mass is 329 g/mol. The Morgan fingerprint density at radius 1 is 1.08 bits per heavy atom. The first-order chi connectivity index (χ1) is 11.5. The molecule has 0 aliphatic rings. The molecule has 0 saturated carbocycles. The van der Waals surface area contributed by atoms with E-state index < -0.39 is 18.1 Å². The highest BCUT2D eigenvalue weighted by Gasteiger charge is 2.23. The first-order valence-electron chi connectivity index (χ1n) is 7.01. The van der Waals surface area contributed by atoms with Gasteiger partial charge in [0.15, 0.2) is 11.7 Å². The number of para-hydroxylation sites is 1. The molecule has 3 rings (SSSR count). The molecular formula is C17H13F2N3O2. The predicted molar refractivity (Wildman–Crippen MR) is 86.7 cm³/mol. The molecule has 0 saturated heterocycles. The maximum absolute atomic E-state index is 13.4. The van der Waals surface area contributed by atoms with Crippen LogP contribution < -0.4 is 11.5 Å². The van der Waals surface area contributed by atoms with E-state index in [0.717, 1.165) is 0 Å². The molecule has 5 nitrogen and oxygen atoms in total. The third-order valence-electron chi connectivity index (χ3n) is 3.45. The molecule has 0 aliphatic carbocycles. The lowest BCUT2D eigenvalue weighted by atomic mass is 9.99. The molecule has 2 aromatic carbocycles.